The van der Waals surface area contributed by atoms with E-state index in [1.165, 1.54) is 12.1 Å². The molecule has 2 amide bonds. The number of carbonyl (C=O) groups is 2. The molecule has 0 radical (unpaired) electrons. The maximum Gasteiger partial charge on any atom is 0.412 e. The van der Waals surface area contributed by atoms with E-state index in [1.54, 1.807) is 55.5 Å². The van der Waals surface area contributed by atoms with Gasteiger partial charge >= 0.3 is 6.09 Å². The summed E-state index contributed by atoms with van der Waals surface area (Å²) in [6.45, 7) is 1.79. The Hall–Kier alpha value is -4.30. The summed E-state index contributed by atoms with van der Waals surface area (Å²) in [5.41, 5.74) is 7.84. The SMILES string of the molecule is C[C@H](/C=C/C(=O)Nc1ccccc1N)[C@@H](OC(=O)Nc1cccc2ccccc12)c1cc(Br)ccc1O. The van der Waals surface area contributed by atoms with Crippen LogP contribution in [0.2, 0.25) is 0 Å². The first-order valence-electron chi connectivity index (χ1n) is 11.6. The number of halogens is 1. The van der Waals surface area contributed by atoms with E-state index in [4.69, 9.17) is 10.5 Å². The quantitative estimate of drug-likeness (QED) is 0.143. The molecular weight excluding hydrogens is 534 g/mol. The first kappa shape index (κ1) is 25.8. The fourth-order valence-corrected chi connectivity index (χ4v) is 4.30. The van der Waals surface area contributed by atoms with Crippen LogP contribution in [0.3, 0.4) is 0 Å². The number of aromatic hydroxyl groups is 1. The summed E-state index contributed by atoms with van der Waals surface area (Å²) < 4.78 is 6.53. The van der Waals surface area contributed by atoms with Gasteiger partial charge in [-0.1, -0.05) is 77.5 Å². The summed E-state index contributed by atoms with van der Waals surface area (Å²) in [7, 11) is 0. The third kappa shape index (κ3) is 6.48. The van der Waals surface area contributed by atoms with E-state index in [2.05, 4.69) is 26.6 Å². The van der Waals surface area contributed by atoms with Gasteiger partial charge in [-0.2, -0.15) is 0 Å². The fourth-order valence-electron chi connectivity index (χ4n) is 3.92. The van der Waals surface area contributed by atoms with E-state index in [1.807, 2.05) is 36.4 Å². The average Bonchev–Trinajstić information content (AvgIpc) is 2.89. The molecule has 4 rings (SSSR count). The molecule has 0 aliphatic heterocycles. The van der Waals surface area contributed by atoms with Gasteiger partial charge in [-0.25, -0.2) is 4.79 Å². The molecule has 188 valence electrons. The summed E-state index contributed by atoms with van der Waals surface area (Å²) >= 11 is 3.41. The second-order valence-corrected chi connectivity index (χ2v) is 9.39. The number of ether oxygens (including phenoxy) is 1. The first-order valence-corrected chi connectivity index (χ1v) is 12.4. The van der Waals surface area contributed by atoms with Gasteiger partial charge in [0.15, 0.2) is 0 Å². The lowest BCUT2D eigenvalue weighted by molar-refractivity contribution is -0.111. The minimum atomic E-state index is -0.890. The molecule has 0 spiro atoms. The third-order valence-corrected chi connectivity index (χ3v) is 6.30. The van der Waals surface area contributed by atoms with Crippen molar-refractivity contribution >= 4 is 55.8 Å². The summed E-state index contributed by atoms with van der Waals surface area (Å²) in [6.07, 6.45) is 1.39. The zero-order chi connectivity index (χ0) is 26.4. The zero-order valence-corrected chi connectivity index (χ0v) is 21.6. The maximum atomic E-state index is 13.0. The molecule has 37 heavy (non-hydrogen) atoms. The molecular formula is C29H26BrN3O4. The van der Waals surface area contributed by atoms with Crippen LogP contribution < -0.4 is 16.4 Å². The number of rotatable bonds is 7. The number of hydrogen-bond acceptors (Lipinski definition) is 5. The Bertz CT molecular complexity index is 1470. The van der Waals surface area contributed by atoms with Crippen molar-refractivity contribution in [3.63, 3.8) is 0 Å². The van der Waals surface area contributed by atoms with Crippen LogP contribution in [0.4, 0.5) is 21.9 Å². The number of carbonyl (C=O) groups excluding carboxylic acids is 2. The Morgan fingerprint density at radius 2 is 1.65 bits per heavy atom. The molecule has 5 N–H and O–H groups in total. The van der Waals surface area contributed by atoms with Crippen LogP contribution in [0, 0.1) is 5.92 Å². The molecule has 0 aromatic heterocycles. The summed E-state index contributed by atoms with van der Waals surface area (Å²) in [5.74, 6) is -0.896. The zero-order valence-electron chi connectivity index (χ0n) is 20.0. The van der Waals surface area contributed by atoms with Crippen molar-refractivity contribution < 1.29 is 19.4 Å². The van der Waals surface area contributed by atoms with Gasteiger partial charge in [0, 0.05) is 21.3 Å². The van der Waals surface area contributed by atoms with Crippen LogP contribution in [0.1, 0.15) is 18.6 Å². The van der Waals surface area contributed by atoms with E-state index in [0.717, 1.165) is 10.8 Å². The maximum absolute atomic E-state index is 13.0. The van der Waals surface area contributed by atoms with Gasteiger partial charge in [0.1, 0.15) is 11.9 Å². The van der Waals surface area contributed by atoms with Crippen LogP contribution >= 0.6 is 15.9 Å². The number of nitrogens with one attached hydrogen (secondary N) is 2. The summed E-state index contributed by atoms with van der Waals surface area (Å²) in [6, 6.07) is 25.1. The average molecular weight is 560 g/mol. The van der Waals surface area contributed by atoms with Crippen LogP contribution in [0.15, 0.2) is 102 Å². The highest BCUT2D eigenvalue weighted by molar-refractivity contribution is 9.10. The number of amides is 2. The Balaban J connectivity index is 1.55. The fraction of sp³-hybridized carbons (Fsp3) is 0.103. The number of benzene rings is 4. The lowest BCUT2D eigenvalue weighted by Gasteiger charge is -2.24. The lowest BCUT2D eigenvalue weighted by atomic mass is 9.96. The van der Waals surface area contributed by atoms with Crippen LogP contribution in [-0.2, 0) is 9.53 Å². The van der Waals surface area contributed by atoms with Crippen molar-refractivity contribution in [1.29, 1.82) is 0 Å². The van der Waals surface area contributed by atoms with Gasteiger partial charge in [0.2, 0.25) is 5.91 Å². The smallest absolute Gasteiger partial charge is 0.412 e. The highest BCUT2D eigenvalue weighted by Crippen LogP contribution is 2.36. The van der Waals surface area contributed by atoms with Gasteiger partial charge in [0.05, 0.1) is 17.1 Å². The van der Waals surface area contributed by atoms with E-state index in [-0.39, 0.29) is 11.7 Å². The normalized spacial score (nSPS) is 12.7. The molecule has 0 unspecified atom stereocenters. The molecule has 4 aromatic rings. The predicted molar refractivity (Wildman–Crippen MR) is 150 cm³/mol. The third-order valence-electron chi connectivity index (χ3n) is 5.80. The topological polar surface area (TPSA) is 114 Å². The van der Waals surface area contributed by atoms with Crippen LogP contribution in [-0.4, -0.2) is 17.1 Å². The van der Waals surface area contributed by atoms with Crippen molar-refractivity contribution in [3.8, 4) is 5.75 Å². The highest BCUT2D eigenvalue weighted by Gasteiger charge is 2.26. The van der Waals surface area contributed by atoms with Gasteiger partial charge in [0.25, 0.3) is 0 Å². The Labute approximate surface area is 223 Å². The second kappa shape index (κ2) is 11.6. The van der Waals surface area contributed by atoms with Crippen molar-refractivity contribution in [1.82, 2.24) is 0 Å². The van der Waals surface area contributed by atoms with E-state index >= 15 is 0 Å². The second-order valence-electron chi connectivity index (χ2n) is 8.48. The molecule has 0 heterocycles. The predicted octanol–water partition coefficient (Wildman–Crippen LogP) is 7.01. The molecule has 0 aliphatic carbocycles. The molecule has 4 aromatic carbocycles. The van der Waals surface area contributed by atoms with E-state index < -0.39 is 18.1 Å². The summed E-state index contributed by atoms with van der Waals surface area (Å²) in [5, 5.41) is 17.9. The Kier molecular flexibility index (Phi) is 8.10. The van der Waals surface area contributed by atoms with Crippen LogP contribution in [0.25, 0.3) is 10.8 Å². The lowest BCUT2D eigenvalue weighted by Crippen LogP contribution is -2.22. The van der Waals surface area contributed by atoms with Gasteiger partial charge in [-0.05, 0) is 47.9 Å². The minimum absolute atomic E-state index is 0.0343. The number of nitrogens with two attached hydrogens (primary N) is 1. The largest absolute Gasteiger partial charge is 0.508 e. The van der Waals surface area contributed by atoms with Crippen LogP contribution in [0.5, 0.6) is 5.75 Å². The standard InChI is InChI=1S/C29H26BrN3O4/c1-18(13-16-27(35)32-25-11-5-4-10-23(25)31)28(22-17-20(30)14-15-26(22)34)37-29(36)33-24-12-6-8-19-7-2-3-9-21(19)24/h2-18,28,34H,31H2,1H3,(H,32,35)(H,33,36)/b16-13+/t18-,28-/m1/s1. The number of anilines is 3. The number of phenolic OH excluding ortho intramolecular Hbond substituents is 1. The number of nitrogen functional groups attached to an aromatic ring is 1. The molecule has 2 atom stereocenters. The van der Waals surface area contributed by atoms with E-state index in [9.17, 15) is 14.7 Å². The molecule has 0 fully saturated rings. The Morgan fingerprint density at radius 3 is 2.46 bits per heavy atom. The van der Waals surface area contributed by atoms with Gasteiger partial charge < -0.3 is 20.9 Å². The number of fused-ring (bicyclic) bond motifs is 1. The highest BCUT2D eigenvalue weighted by atomic mass is 79.9. The first-order chi connectivity index (χ1) is 17.8. The van der Waals surface area contributed by atoms with Gasteiger partial charge in [-0.3, -0.25) is 10.1 Å². The monoisotopic (exact) mass is 559 g/mol. The molecule has 0 bridgehead atoms. The van der Waals surface area contributed by atoms with Crippen molar-refractivity contribution in [2.75, 3.05) is 16.4 Å². The summed E-state index contributed by atoms with van der Waals surface area (Å²) in [4.78, 5) is 25.5. The van der Waals surface area contributed by atoms with Gasteiger partial charge in [-0.15, -0.1) is 0 Å². The van der Waals surface area contributed by atoms with Crippen molar-refractivity contribution in [2.45, 2.75) is 13.0 Å². The molecule has 0 saturated heterocycles. The minimum Gasteiger partial charge on any atom is -0.508 e. The molecule has 7 nitrogen and oxygen atoms in total. The number of para-hydroxylation sites is 2. The number of hydrogen-bond donors (Lipinski definition) is 4. The molecule has 8 heteroatoms. The Morgan fingerprint density at radius 1 is 0.946 bits per heavy atom. The number of phenols is 1. The van der Waals surface area contributed by atoms with Crippen molar-refractivity contribution in [2.24, 2.45) is 5.92 Å². The van der Waals surface area contributed by atoms with Crippen molar-refractivity contribution in [3.05, 3.63) is 107 Å². The van der Waals surface area contributed by atoms with E-state index in [0.29, 0.717) is 27.1 Å². The molecule has 0 saturated carbocycles. The molecule has 0 aliphatic rings.